The van der Waals surface area contributed by atoms with Gasteiger partial charge >= 0.3 is 37.2 Å². The molecule has 0 saturated heterocycles. The molecule has 0 atom stereocenters. The third-order valence-electron chi connectivity index (χ3n) is 1.07. The van der Waals surface area contributed by atoms with Crippen molar-refractivity contribution >= 4 is 49.9 Å². The molecule has 0 saturated carbocycles. The van der Waals surface area contributed by atoms with Crippen molar-refractivity contribution < 1.29 is 9.68 Å². The van der Waals surface area contributed by atoms with Crippen LogP contribution >= 0.6 is 12.6 Å². The van der Waals surface area contributed by atoms with E-state index in [1.807, 2.05) is 0 Å². The van der Waals surface area contributed by atoms with Crippen molar-refractivity contribution in [2.24, 2.45) is 0 Å². The van der Waals surface area contributed by atoms with E-state index in [4.69, 9.17) is 9.68 Å². The monoisotopic (exact) mass is 178 g/mol. The average Bonchev–Trinajstić information content (AvgIpc) is 1.95. The van der Waals surface area contributed by atoms with E-state index in [1.54, 1.807) is 24.3 Å². The molecule has 0 fully saturated rings. The van der Waals surface area contributed by atoms with Crippen LogP contribution in [0.5, 0.6) is 5.75 Å². The number of hydrogen-bond acceptors (Lipinski definition) is 3. The average molecular weight is 178 g/mol. The van der Waals surface area contributed by atoms with E-state index in [0.29, 0.717) is 5.75 Å². The summed E-state index contributed by atoms with van der Waals surface area (Å²) in [5, 5.41) is 8.35. The minimum absolute atomic E-state index is 0. The molecule has 0 aliphatic carbocycles. The molecular weight excluding hydrogens is 170 g/mol. The first-order chi connectivity index (χ1) is 4.83. The van der Waals surface area contributed by atoms with E-state index in [9.17, 15) is 0 Å². The minimum atomic E-state index is -0.286. The number of rotatable bonds is 2. The van der Waals surface area contributed by atoms with Gasteiger partial charge in [0.05, 0.1) is 0 Å². The quantitative estimate of drug-likeness (QED) is 0.491. The molecule has 0 heterocycles. The fourth-order valence-electron chi connectivity index (χ4n) is 0.617. The Morgan fingerprint density at radius 1 is 1.27 bits per heavy atom. The van der Waals surface area contributed by atoms with Crippen molar-refractivity contribution in [2.75, 3.05) is 0 Å². The van der Waals surface area contributed by atoms with Gasteiger partial charge in [0.1, 0.15) is 5.75 Å². The van der Waals surface area contributed by atoms with Crippen LogP contribution in [0.25, 0.3) is 0 Å². The molecule has 54 valence electrons. The molecule has 0 radical (unpaired) electrons. The predicted octanol–water partition coefficient (Wildman–Crippen LogP) is -0.0356. The first-order valence-electron chi connectivity index (χ1n) is 2.85. The Morgan fingerprint density at radius 2 is 1.82 bits per heavy atom. The summed E-state index contributed by atoms with van der Waals surface area (Å²) < 4.78 is 4.78. The first kappa shape index (κ1) is 11.4. The number of thiol groups is 1. The Kier molecular flexibility index (Phi) is 6.19. The molecule has 1 aromatic rings. The van der Waals surface area contributed by atoms with Crippen molar-refractivity contribution in [1.82, 2.24) is 0 Å². The maximum absolute atomic E-state index is 8.35. The van der Waals surface area contributed by atoms with Gasteiger partial charge in [0.25, 0.3) is 0 Å². The summed E-state index contributed by atoms with van der Waals surface area (Å²) in [7, 11) is -0.286. The molecule has 5 heteroatoms. The van der Waals surface area contributed by atoms with Gasteiger partial charge in [0.15, 0.2) is 0 Å². The standard InChI is InChI=1S/C6H7BO2S.Na.H/c8-7-9-5-1-3-6(10)4-2-5;;/h1-4,7-8,10H;;. The summed E-state index contributed by atoms with van der Waals surface area (Å²) in [5.74, 6) is 0.653. The van der Waals surface area contributed by atoms with Crippen molar-refractivity contribution in [3.05, 3.63) is 24.3 Å². The van der Waals surface area contributed by atoms with Gasteiger partial charge in [-0.25, -0.2) is 0 Å². The van der Waals surface area contributed by atoms with E-state index in [2.05, 4.69) is 12.6 Å². The topological polar surface area (TPSA) is 29.5 Å². The van der Waals surface area contributed by atoms with E-state index in [1.165, 1.54) is 0 Å². The van der Waals surface area contributed by atoms with Gasteiger partial charge in [-0.3, -0.25) is 0 Å². The SMILES string of the molecule is OBOc1ccc(S)cc1.[NaH]. The Hall–Kier alpha value is 0.395. The zero-order valence-electron chi connectivity index (χ0n) is 5.32. The molecule has 0 aromatic heterocycles. The van der Waals surface area contributed by atoms with Crippen LogP contribution in [-0.4, -0.2) is 42.3 Å². The maximum atomic E-state index is 8.35. The van der Waals surface area contributed by atoms with Crippen molar-refractivity contribution in [1.29, 1.82) is 0 Å². The summed E-state index contributed by atoms with van der Waals surface area (Å²) in [4.78, 5) is 0.880. The molecule has 2 nitrogen and oxygen atoms in total. The Bertz CT molecular complexity index is 204. The fraction of sp³-hybridized carbons (Fsp3) is 0. The molecule has 1 rings (SSSR count). The zero-order valence-corrected chi connectivity index (χ0v) is 6.21. The fourth-order valence-corrected chi connectivity index (χ4v) is 0.766. The van der Waals surface area contributed by atoms with Crippen LogP contribution in [0, 0.1) is 0 Å². The molecule has 1 N–H and O–H groups in total. The summed E-state index contributed by atoms with van der Waals surface area (Å²) in [6, 6.07) is 7.10. The van der Waals surface area contributed by atoms with Gasteiger partial charge in [-0.1, -0.05) is 0 Å². The zero-order chi connectivity index (χ0) is 7.40. The van der Waals surface area contributed by atoms with Crippen LogP contribution in [0.1, 0.15) is 0 Å². The Balaban J connectivity index is 0.000001000. The third-order valence-corrected chi connectivity index (χ3v) is 1.37. The molecule has 0 unspecified atom stereocenters. The summed E-state index contributed by atoms with van der Waals surface area (Å²) in [5.41, 5.74) is 0. The van der Waals surface area contributed by atoms with Crippen molar-refractivity contribution in [3.63, 3.8) is 0 Å². The van der Waals surface area contributed by atoms with E-state index < -0.39 is 0 Å². The van der Waals surface area contributed by atoms with Gasteiger partial charge in [-0.15, -0.1) is 12.6 Å². The van der Waals surface area contributed by atoms with E-state index >= 15 is 0 Å². The van der Waals surface area contributed by atoms with Gasteiger partial charge in [0, 0.05) is 4.90 Å². The summed E-state index contributed by atoms with van der Waals surface area (Å²) >= 11 is 4.08. The van der Waals surface area contributed by atoms with Gasteiger partial charge < -0.3 is 9.68 Å². The molecule has 0 aliphatic heterocycles. The molecule has 0 spiro atoms. The Labute approximate surface area is 94.0 Å². The number of benzene rings is 1. The van der Waals surface area contributed by atoms with Crippen LogP contribution in [0.15, 0.2) is 29.2 Å². The molecule has 0 amide bonds. The molecule has 0 bridgehead atoms. The van der Waals surface area contributed by atoms with E-state index in [-0.39, 0.29) is 37.2 Å². The second kappa shape index (κ2) is 5.97. The second-order valence-corrected chi connectivity index (χ2v) is 2.28. The van der Waals surface area contributed by atoms with Crippen LogP contribution < -0.4 is 4.65 Å². The van der Waals surface area contributed by atoms with Crippen LogP contribution in [0.2, 0.25) is 0 Å². The van der Waals surface area contributed by atoms with Gasteiger partial charge in [-0.2, -0.15) is 0 Å². The van der Waals surface area contributed by atoms with Gasteiger partial charge in [-0.05, 0) is 24.3 Å². The molecule has 0 aliphatic rings. The van der Waals surface area contributed by atoms with Gasteiger partial charge in [0.2, 0.25) is 0 Å². The molecule has 1 aromatic carbocycles. The third kappa shape index (κ3) is 4.08. The first-order valence-corrected chi connectivity index (χ1v) is 3.30. The van der Waals surface area contributed by atoms with Crippen molar-refractivity contribution in [2.45, 2.75) is 4.90 Å². The van der Waals surface area contributed by atoms with Crippen molar-refractivity contribution in [3.8, 4) is 5.75 Å². The summed E-state index contributed by atoms with van der Waals surface area (Å²) in [6.07, 6.45) is 0. The van der Waals surface area contributed by atoms with Crippen LogP contribution in [0.4, 0.5) is 0 Å². The van der Waals surface area contributed by atoms with E-state index in [0.717, 1.165) is 4.90 Å². The summed E-state index contributed by atoms with van der Waals surface area (Å²) in [6.45, 7) is 0. The van der Waals surface area contributed by atoms with Crippen LogP contribution in [0.3, 0.4) is 0 Å². The molecule has 11 heavy (non-hydrogen) atoms. The van der Waals surface area contributed by atoms with Crippen LogP contribution in [-0.2, 0) is 0 Å². The normalized spacial score (nSPS) is 8.18. The molecular formula is C6H8BNaO2S. The Morgan fingerprint density at radius 3 is 2.27 bits per heavy atom. The second-order valence-electron chi connectivity index (χ2n) is 1.77. The predicted molar refractivity (Wildman–Crippen MR) is 50.8 cm³/mol. The number of hydrogen-bond donors (Lipinski definition) is 2.